The molecule has 0 atom stereocenters. The van der Waals surface area contributed by atoms with Crippen LogP contribution >= 0.6 is 0 Å². The first kappa shape index (κ1) is 13.6. The molecule has 0 spiro atoms. The van der Waals surface area contributed by atoms with Gasteiger partial charge < -0.3 is 11.1 Å². The lowest BCUT2D eigenvalue weighted by Gasteiger charge is -2.05. The zero-order valence-corrected chi connectivity index (χ0v) is 9.51. The predicted molar refractivity (Wildman–Crippen MR) is 61.1 cm³/mol. The predicted octanol–water partition coefficient (Wildman–Crippen LogP) is 1.71. The summed E-state index contributed by atoms with van der Waals surface area (Å²) in [5, 5.41) is 2.64. The van der Waals surface area contributed by atoms with E-state index in [9.17, 15) is 13.6 Å². The Bertz CT molecular complexity index is 383. The summed E-state index contributed by atoms with van der Waals surface area (Å²) in [6, 6.07) is 3.57. The van der Waals surface area contributed by atoms with Crippen molar-refractivity contribution >= 4 is 5.91 Å². The van der Waals surface area contributed by atoms with Crippen molar-refractivity contribution in [1.29, 1.82) is 0 Å². The molecule has 5 heteroatoms. The lowest BCUT2D eigenvalue weighted by molar-refractivity contribution is -0.121. The van der Waals surface area contributed by atoms with Crippen LogP contribution in [0.2, 0.25) is 0 Å². The van der Waals surface area contributed by atoms with Crippen LogP contribution in [0.4, 0.5) is 8.78 Å². The zero-order valence-electron chi connectivity index (χ0n) is 9.51. The Balaban J connectivity index is 2.34. The average Bonchev–Trinajstić information content (AvgIpc) is 2.31. The molecule has 0 heterocycles. The lowest BCUT2D eigenvalue weighted by atomic mass is 10.2. The number of carbonyl (C=O) groups is 1. The summed E-state index contributed by atoms with van der Waals surface area (Å²) in [4.78, 5) is 11.3. The van der Waals surface area contributed by atoms with Crippen LogP contribution in [0, 0.1) is 11.6 Å². The number of nitrogens with one attached hydrogen (secondary N) is 1. The molecular formula is C12H16F2N2O. The minimum absolute atomic E-state index is 0.108. The number of halogens is 2. The summed E-state index contributed by atoms with van der Waals surface area (Å²) >= 11 is 0. The molecule has 0 saturated heterocycles. The molecule has 17 heavy (non-hydrogen) atoms. The molecule has 0 radical (unpaired) electrons. The molecule has 0 saturated carbocycles. The van der Waals surface area contributed by atoms with Crippen LogP contribution in [0.1, 0.15) is 24.8 Å². The summed E-state index contributed by atoms with van der Waals surface area (Å²) in [5.41, 5.74) is 5.84. The van der Waals surface area contributed by atoms with Gasteiger partial charge in [-0.15, -0.1) is 0 Å². The Hall–Kier alpha value is -1.49. The quantitative estimate of drug-likeness (QED) is 0.746. The number of benzene rings is 1. The number of nitrogens with two attached hydrogens (primary N) is 1. The normalized spacial score (nSPS) is 10.3. The molecule has 0 unspecified atom stereocenters. The Kier molecular flexibility index (Phi) is 5.56. The minimum Gasteiger partial charge on any atom is -0.352 e. The van der Waals surface area contributed by atoms with E-state index in [0.29, 0.717) is 18.5 Å². The highest BCUT2D eigenvalue weighted by atomic mass is 19.2. The molecule has 0 aliphatic carbocycles. The highest BCUT2D eigenvalue weighted by molar-refractivity contribution is 5.75. The van der Waals surface area contributed by atoms with Gasteiger partial charge in [-0.2, -0.15) is 0 Å². The maximum absolute atomic E-state index is 12.9. The average molecular weight is 242 g/mol. The van der Waals surface area contributed by atoms with E-state index in [2.05, 4.69) is 5.32 Å². The Labute approximate surface area is 99.0 Å². The first-order valence-corrected chi connectivity index (χ1v) is 5.54. The van der Waals surface area contributed by atoms with Gasteiger partial charge in [0.05, 0.1) is 0 Å². The summed E-state index contributed by atoms with van der Waals surface area (Å²) in [6.45, 7) is 0.773. The third-order valence-electron chi connectivity index (χ3n) is 2.33. The van der Waals surface area contributed by atoms with E-state index < -0.39 is 11.6 Å². The van der Waals surface area contributed by atoms with Crippen molar-refractivity contribution in [2.45, 2.75) is 25.8 Å². The highest BCUT2D eigenvalue weighted by Gasteiger charge is 2.04. The Morgan fingerprint density at radius 1 is 1.24 bits per heavy atom. The van der Waals surface area contributed by atoms with Crippen molar-refractivity contribution in [3.05, 3.63) is 35.4 Å². The largest absolute Gasteiger partial charge is 0.352 e. The molecule has 0 aromatic heterocycles. The molecular weight excluding hydrogens is 226 g/mol. The number of hydrogen-bond donors (Lipinski definition) is 2. The van der Waals surface area contributed by atoms with Crippen LogP contribution in [-0.2, 0) is 11.3 Å². The first-order valence-electron chi connectivity index (χ1n) is 5.54. The van der Waals surface area contributed by atoms with E-state index in [1.165, 1.54) is 6.07 Å². The molecule has 0 bridgehead atoms. The maximum atomic E-state index is 12.9. The van der Waals surface area contributed by atoms with Gasteiger partial charge in [-0.05, 0) is 37.1 Å². The molecule has 3 nitrogen and oxygen atoms in total. The Morgan fingerprint density at radius 3 is 2.65 bits per heavy atom. The smallest absolute Gasteiger partial charge is 0.220 e. The molecule has 3 N–H and O–H groups in total. The third-order valence-corrected chi connectivity index (χ3v) is 2.33. The number of rotatable bonds is 6. The van der Waals surface area contributed by atoms with Gasteiger partial charge in [-0.3, -0.25) is 4.79 Å². The van der Waals surface area contributed by atoms with Gasteiger partial charge in [-0.25, -0.2) is 8.78 Å². The van der Waals surface area contributed by atoms with Crippen LogP contribution < -0.4 is 11.1 Å². The molecule has 1 aromatic carbocycles. The van der Waals surface area contributed by atoms with E-state index in [1.54, 1.807) is 0 Å². The second-order valence-corrected chi connectivity index (χ2v) is 3.77. The van der Waals surface area contributed by atoms with E-state index in [-0.39, 0.29) is 12.5 Å². The standard InChI is InChI=1S/C12H16F2N2O/c13-10-5-4-9(7-11(10)14)8-16-12(17)3-1-2-6-15/h4-5,7H,1-3,6,8,15H2,(H,16,17). The van der Waals surface area contributed by atoms with Crippen LogP contribution in [0.3, 0.4) is 0 Å². The van der Waals surface area contributed by atoms with Gasteiger partial charge in [0.1, 0.15) is 0 Å². The summed E-state index contributed by atoms with van der Waals surface area (Å²) in [5.74, 6) is -1.90. The summed E-state index contributed by atoms with van der Waals surface area (Å²) in [6.07, 6.45) is 1.94. The third kappa shape index (κ3) is 4.91. The summed E-state index contributed by atoms with van der Waals surface area (Å²) < 4.78 is 25.5. The maximum Gasteiger partial charge on any atom is 0.220 e. The van der Waals surface area contributed by atoms with Crippen molar-refractivity contribution in [3.8, 4) is 0 Å². The molecule has 94 valence electrons. The SMILES string of the molecule is NCCCCC(=O)NCc1ccc(F)c(F)c1. The number of hydrogen-bond acceptors (Lipinski definition) is 2. The second kappa shape index (κ2) is 6.96. The number of carbonyl (C=O) groups excluding carboxylic acids is 1. The fourth-order valence-corrected chi connectivity index (χ4v) is 1.37. The molecule has 0 aliphatic rings. The van der Waals surface area contributed by atoms with Crippen molar-refractivity contribution in [2.24, 2.45) is 5.73 Å². The number of amides is 1. The highest BCUT2D eigenvalue weighted by Crippen LogP contribution is 2.08. The van der Waals surface area contributed by atoms with E-state index in [4.69, 9.17) is 5.73 Å². The molecule has 0 aliphatic heterocycles. The van der Waals surface area contributed by atoms with Gasteiger partial charge in [-0.1, -0.05) is 6.07 Å². The van der Waals surface area contributed by atoms with Crippen molar-refractivity contribution in [3.63, 3.8) is 0 Å². The zero-order chi connectivity index (χ0) is 12.7. The van der Waals surface area contributed by atoms with Crippen molar-refractivity contribution in [1.82, 2.24) is 5.32 Å². The minimum atomic E-state index is -0.903. The van der Waals surface area contributed by atoms with Crippen molar-refractivity contribution in [2.75, 3.05) is 6.54 Å². The topological polar surface area (TPSA) is 55.1 Å². The molecule has 1 aromatic rings. The molecule has 1 amide bonds. The van der Waals surface area contributed by atoms with Gasteiger partial charge in [0, 0.05) is 13.0 Å². The van der Waals surface area contributed by atoms with Crippen molar-refractivity contribution < 1.29 is 13.6 Å². The van der Waals surface area contributed by atoms with Gasteiger partial charge in [0.15, 0.2) is 11.6 Å². The first-order chi connectivity index (χ1) is 8.13. The summed E-state index contributed by atoms with van der Waals surface area (Å²) in [7, 11) is 0. The van der Waals surface area contributed by atoms with Crippen LogP contribution in [0.15, 0.2) is 18.2 Å². The van der Waals surface area contributed by atoms with E-state index in [1.807, 2.05) is 0 Å². The van der Waals surface area contributed by atoms with Gasteiger partial charge in [0.25, 0.3) is 0 Å². The van der Waals surface area contributed by atoms with Crippen LogP contribution in [0.5, 0.6) is 0 Å². The van der Waals surface area contributed by atoms with Gasteiger partial charge in [0.2, 0.25) is 5.91 Å². The van der Waals surface area contributed by atoms with E-state index >= 15 is 0 Å². The fourth-order valence-electron chi connectivity index (χ4n) is 1.37. The van der Waals surface area contributed by atoms with Crippen LogP contribution in [-0.4, -0.2) is 12.5 Å². The fraction of sp³-hybridized carbons (Fsp3) is 0.417. The second-order valence-electron chi connectivity index (χ2n) is 3.77. The van der Waals surface area contributed by atoms with Gasteiger partial charge >= 0.3 is 0 Å². The van der Waals surface area contributed by atoms with E-state index in [0.717, 1.165) is 25.0 Å². The molecule has 1 rings (SSSR count). The Morgan fingerprint density at radius 2 is 2.00 bits per heavy atom. The lowest BCUT2D eigenvalue weighted by Crippen LogP contribution is -2.22. The molecule has 0 fully saturated rings. The van der Waals surface area contributed by atoms with Crippen LogP contribution in [0.25, 0.3) is 0 Å². The monoisotopic (exact) mass is 242 g/mol. The number of unbranched alkanes of at least 4 members (excludes halogenated alkanes) is 1.